The smallest absolute Gasteiger partial charge is 0.248 e. The van der Waals surface area contributed by atoms with Crippen molar-refractivity contribution in [3.05, 3.63) is 30.5 Å². The van der Waals surface area contributed by atoms with Crippen LogP contribution in [0, 0.1) is 0 Å². The van der Waals surface area contributed by atoms with Crippen LogP contribution in [0.3, 0.4) is 0 Å². The van der Waals surface area contributed by atoms with E-state index in [9.17, 15) is 4.79 Å². The van der Waals surface area contributed by atoms with Crippen LogP contribution in [0.5, 0.6) is 5.88 Å². The maximum atomic E-state index is 11.0. The number of carbonyl (C=O) groups excluding carboxylic acids is 1. The number of carbonyl (C=O) groups is 1. The molecule has 0 bridgehead atoms. The molecule has 96 valence electrons. The lowest BCUT2D eigenvalue weighted by Crippen LogP contribution is -2.26. The molecule has 0 unspecified atom stereocenters. The van der Waals surface area contributed by atoms with Gasteiger partial charge in [-0.15, -0.1) is 0 Å². The van der Waals surface area contributed by atoms with Crippen LogP contribution >= 0.6 is 0 Å². The van der Waals surface area contributed by atoms with Gasteiger partial charge in [0.05, 0.1) is 13.2 Å². The molecule has 1 fully saturated rings. The number of primary amides is 1. The Balaban J connectivity index is 1.98. The van der Waals surface area contributed by atoms with Crippen molar-refractivity contribution >= 4 is 11.5 Å². The van der Waals surface area contributed by atoms with Crippen molar-refractivity contribution in [3.63, 3.8) is 0 Å². The van der Waals surface area contributed by atoms with Gasteiger partial charge < -0.3 is 15.2 Å². The van der Waals surface area contributed by atoms with Gasteiger partial charge >= 0.3 is 0 Å². The Kier molecular flexibility index (Phi) is 3.94. The summed E-state index contributed by atoms with van der Waals surface area (Å²) < 4.78 is 11.0. The van der Waals surface area contributed by atoms with Gasteiger partial charge in [0, 0.05) is 36.2 Å². The predicted molar refractivity (Wildman–Crippen MR) is 66.9 cm³/mol. The highest BCUT2D eigenvalue weighted by molar-refractivity contribution is 6.17. The first-order valence-electron chi connectivity index (χ1n) is 5.86. The number of pyridine rings is 1. The van der Waals surface area contributed by atoms with Gasteiger partial charge in [0.25, 0.3) is 0 Å². The van der Waals surface area contributed by atoms with E-state index in [-0.39, 0.29) is 11.7 Å². The highest BCUT2D eigenvalue weighted by Crippen LogP contribution is 2.18. The minimum atomic E-state index is -0.546. The van der Waals surface area contributed by atoms with Crippen LogP contribution in [0.15, 0.2) is 24.9 Å². The van der Waals surface area contributed by atoms with Gasteiger partial charge in [0.15, 0.2) is 0 Å². The van der Waals surface area contributed by atoms with Gasteiger partial charge in [0.2, 0.25) is 11.8 Å². The molecule has 2 N–H and O–H groups in total. The summed E-state index contributed by atoms with van der Waals surface area (Å²) in [4.78, 5) is 15.1. The van der Waals surface area contributed by atoms with Crippen LogP contribution in [0.4, 0.5) is 0 Å². The van der Waals surface area contributed by atoms with E-state index < -0.39 is 5.91 Å². The second-order valence-electron chi connectivity index (χ2n) is 4.16. The zero-order valence-corrected chi connectivity index (χ0v) is 10.1. The first-order chi connectivity index (χ1) is 8.66. The highest BCUT2D eigenvalue weighted by Gasteiger charge is 2.15. The average Bonchev–Trinajstić information content (AvgIpc) is 2.40. The highest BCUT2D eigenvalue weighted by atomic mass is 16.5. The van der Waals surface area contributed by atoms with Crippen LogP contribution < -0.4 is 10.5 Å². The summed E-state index contributed by atoms with van der Waals surface area (Å²) >= 11 is 0. The summed E-state index contributed by atoms with van der Waals surface area (Å²) in [6, 6.07) is 3.45. The van der Waals surface area contributed by atoms with E-state index in [1.807, 2.05) is 0 Å². The monoisotopic (exact) mass is 248 g/mol. The number of aromatic nitrogens is 1. The van der Waals surface area contributed by atoms with Crippen LogP contribution in [0.2, 0.25) is 0 Å². The van der Waals surface area contributed by atoms with Gasteiger partial charge in [-0.1, -0.05) is 6.58 Å². The molecule has 1 aromatic heterocycles. The molecule has 5 heteroatoms. The summed E-state index contributed by atoms with van der Waals surface area (Å²) in [6.07, 6.45) is 3.44. The Bertz CT molecular complexity index is 436. The minimum Gasteiger partial charge on any atom is -0.474 e. The number of hydrogen-bond donors (Lipinski definition) is 1. The van der Waals surface area contributed by atoms with E-state index in [0.29, 0.717) is 11.4 Å². The van der Waals surface area contributed by atoms with Crippen LogP contribution in [-0.4, -0.2) is 30.2 Å². The van der Waals surface area contributed by atoms with Gasteiger partial charge in [-0.05, 0) is 6.07 Å². The van der Waals surface area contributed by atoms with Crippen molar-refractivity contribution in [1.82, 2.24) is 4.98 Å². The molecule has 1 aliphatic heterocycles. The molecule has 1 aliphatic rings. The predicted octanol–water partition coefficient (Wildman–Crippen LogP) is 1.14. The third kappa shape index (κ3) is 3.07. The summed E-state index contributed by atoms with van der Waals surface area (Å²) in [5.74, 6) is -0.00202. The zero-order valence-electron chi connectivity index (χ0n) is 10.1. The quantitative estimate of drug-likeness (QED) is 0.811. The fourth-order valence-corrected chi connectivity index (χ4v) is 1.74. The molecule has 0 saturated carbocycles. The third-order valence-electron chi connectivity index (χ3n) is 2.84. The Morgan fingerprint density at radius 1 is 1.44 bits per heavy atom. The molecule has 0 spiro atoms. The molecule has 0 atom stereocenters. The summed E-state index contributed by atoms with van der Waals surface area (Å²) in [7, 11) is 0. The van der Waals surface area contributed by atoms with Crippen molar-refractivity contribution in [2.24, 2.45) is 5.73 Å². The van der Waals surface area contributed by atoms with Crippen molar-refractivity contribution < 1.29 is 14.3 Å². The molecule has 0 aromatic carbocycles. The third-order valence-corrected chi connectivity index (χ3v) is 2.84. The SMILES string of the molecule is C=C(C(N)=O)c1ccc(OC2CCOCC2)nc1. The lowest BCUT2D eigenvalue weighted by atomic mass is 10.1. The van der Waals surface area contributed by atoms with Crippen molar-refractivity contribution in [2.75, 3.05) is 13.2 Å². The van der Waals surface area contributed by atoms with E-state index >= 15 is 0 Å². The molecule has 18 heavy (non-hydrogen) atoms. The average molecular weight is 248 g/mol. The molecule has 1 saturated heterocycles. The number of rotatable bonds is 4. The molecule has 0 aliphatic carbocycles. The molecule has 2 heterocycles. The molecular weight excluding hydrogens is 232 g/mol. The lowest BCUT2D eigenvalue weighted by molar-refractivity contribution is -0.112. The zero-order chi connectivity index (χ0) is 13.0. The van der Waals surface area contributed by atoms with Crippen molar-refractivity contribution in [2.45, 2.75) is 18.9 Å². The normalized spacial score (nSPS) is 16.2. The molecule has 0 radical (unpaired) electrons. The topological polar surface area (TPSA) is 74.4 Å². The van der Waals surface area contributed by atoms with E-state index in [2.05, 4.69) is 11.6 Å². The van der Waals surface area contributed by atoms with Gasteiger partial charge in [-0.2, -0.15) is 0 Å². The fourth-order valence-electron chi connectivity index (χ4n) is 1.74. The summed E-state index contributed by atoms with van der Waals surface area (Å²) in [6.45, 7) is 5.04. The van der Waals surface area contributed by atoms with Crippen molar-refractivity contribution in [1.29, 1.82) is 0 Å². The minimum absolute atomic E-state index is 0.149. The van der Waals surface area contributed by atoms with Crippen LogP contribution in [-0.2, 0) is 9.53 Å². The Morgan fingerprint density at radius 2 is 2.17 bits per heavy atom. The lowest BCUT2D eigenvalue weighted by Gasteiger charge is -2.22. The summed E-state index contributed by atoms with van der Waals surface area (Å²) in [5, 5.41) is 0. The number of nitrogens with zero attached hydrogens (tertiary/aromatic N) is 1. The van der Waals surface area contributed by atoms with Gasteiger partial charge in [-0.25, -0.2) is 4.98 Å². The fraction of sp³-hybridized carbons (Fsp3) is 0.385. The summed E-state index contributed by atoms with van der Waals surface area (Å²) in [5.41, 5.74) is 6.01. The molecule has 5 nitrogen and oxygen atoms in total. The molecule has 1 aromatic rings. The molecule has 1 amide bonds. The number of nitrogens with two attached hydrogens (primary N) is 1. The maximum Gasteiger partial charge on any atom is 0.248 e. The van der Waals surface area contributed by atoms with Gasteiger partial charge in [0.1, 0.15) is 6.10 Å². The standard InChI is InChI=1S/C13H16N2O3/c1-9(13(14)16)10-2-3-12(15-8-10)18-11-4-6-17-7-5-11/h2-3,8,11H,1,4-7H2,(H2,14,16). The van der Waals surface area contributed by atoms with Crippen molar-refractivity contribution in [3.8, 4) is 5.88 Å². The Labute approximate surface area is 106 Å². The van der Waals surface area contributed by atoms with E-state index in [1.54, 1.807) is 18.3 Å². The second-order valence-corrected chi connectivity index (χ2v) is 4.16. The maximum absolute atomic E-state index is 11.0. The van der Waals surface area contributed by atoms with Crippen LogP contribution in [0.1, 0.15) is 18.4 Å². The first kappa shape index (κ1) is 12.6. The largest absolute Gasteiger partial charge is 0.474 e. The van der Waals surface area contributed by atoms with E-state index in [1.165, 1.54) is 0 Å². The van der Waals surface area contributed by atoms with Crippen LogP contribution in [0.25, 0.3) is 5.57 Å². The number of hydrogen-bond acceptors (Lipinski definition) is 4. The first-order valence-corrected chi connectivity index (χ1v) is 5.86. The molecular formula is C13H16N2O3. The Hall–Kier alpha value is -1.88. The van der Waals surface area contributed by atoms with Gasteiger partial charge in [-0.3, -0.25) is 4.79 Å². The van der Waals surface area contributed by atoms with E-state index in [0.717, 1.165) is 26.1 Å². The number of amides is 1. The number of ether oxygens (including phenoxy) is 2. The molecule has 2 rings (SSSR count). The second kappa shape index (κ2) is 5.64. The van der Waals surface area contributed by atoms with E-state index in [4.69, 9.17) is 15.2 Å². The Morgan fingerprint density at radius 3 is 2.72 bits per heavy atom.